The van der Waals surface area contributed by atoms with E-state index in [2.05, 4.69) is 0 Å². The number of carbonyl (C=O) groups is 1. The Morgan fingerprint density at radius 3 is 2.48 bits per heavy atom. The molecule has 0 aromatic heterocycles. The second kappa shape index (κ2) is 7.00. The molecule has 3 heterocycles. The maximum Gasteiger partial charge on any atom is 0.410 e. The molecule has 3 atom stereocenters. The van der Waals surface area contributed by atoms with Gasteiger partial charge in [0, 0.05) is 44.0 Å². The molecule has 0 aliphatic carbocycles. The number of amides is 1. The maximum atomic E-state index is 14.8. The summed E-state index contributed by atoms with van der Waals surface area (Å²) in [5, 5.41) is 0. The van der Waals surface area contributed by atoms with Gasteiger partial charge in [0.2, 0.25) is 0 Å². The first-order valence-corrected chi connectivity index (χ1v) is 10.1. The summed E-state index contributed by atoms with van der Waals surface area (Å²) in [5.74, 6) is -3.89. The van der Waals surface area contributed by atoms with Gasteiger partial charge < -0.3 is 25.0 Å². The third-order valence-corrected chi connectivity index (χ3v) is 5.85. The van der Waals surface area contributed by atoms with E-state index < -0.39 is 29.5 Å². The van der Waals surface area contributed by atoms with Crippen molar-refractivity contribution in [3.63, 3.8) is 0 Å². The van der Waals surface area contributed by atoms with E-state index in [0.717, 1.165) is 23.4 Å². The fourth-order valence-corrected chi connectivity index (χ4v) is 4.42. The van der Waals surface area contributed by atoms with Gasteiger partial charge in [-0.05, 0) is 38.8 Å². The van der Waals surface area contributed by atoms with Gasteiger partial charge in [0.1, 0.15) is 18.0 Å². The normalized spacial score (nSPS) is 28.4. The number of anilines is 1. The van der Waals surface area contributed by atoms with Crippen molar-refractivity contribution in [2.75, 3.05) is 37.7 Å². The highest BCUT2D eigenvalue weighted by Gasteiger charge is 2.56. The molecule has 6 nitrogen and oxygen atoms in total. The second-order valence-corrected chi connectivity index (χ2v) is 9.43. The van der Waals surface area contributed by atoms with Gasteiger partial charge in [-0.15, -0.1) is 0 Å². The number of ether oxygens (including phenoxy) is 2. The van der Waals surface area contributed by atoms with Gasteiger partial charge in [0.25, 0.3) is 5.92 Å². The minimum absolute atomic E-state index is 0.00872. The van der Waals surface area contributed by atoms with Crippen LogP contribution in [0.25, 0.3) is 0 Å². The van der Waals surface area contributed by atoms with Gasteiger partial charge in [-0.1, -0.05) is 6.07 Å². The van der Waals surface area contributed by atoms with Crippen LogP contribution in [0.3, 0.4) is 0 Å². The van der Waals surface area contributed by atoms with E-state index in [0.29, 0.717) is 6.61 Å². The number of halogens is 2. The Kier molecular flexibility index (Phi) is 4.88. The van der Waals surface area contributed by atoms with E-state index in [1.165, 1.54) is 4.90 Å². The van der Waals surface area contributed by atoms with Crippen LogP contribution in [0.5, 0.6) is 5.75 Å². The third-order valence-electron chi connectivity index (χ3n) is 5.85. The van der Waals surface area contributed by atoms with Crippen LogP contribution in [0.2, 0.25) is 0 Å². The minimum Gasteiger partial charge on any atom is -0.492 e. The van der Waals surface area contributed by atoms with Crippen LogP contribution >= 0.6 is 0 Å². The predicted molar refractivity (Wildman–Crippen MR) is 106 cm³/mol. The number of nitrogens with zero attached hydrogens (tertiary/aromatic N) is 2. The highest BCUT2D eigenvalue weighted by Crippen LogP contribution is 2.44. The van der Waals surface area contributed by atoms with Gasteiger partial charge in [-0.2, -0.15) is 0 Å². The van der Waals surface area contributed by atoms with Crippen LogP contribution in [0.15, 0.2) is 18.2 Å². The average molecular weight is 409 g/mol. The lowest BCUT2D eigenvalue weighted by atomic mass is 9.80. The quantitative estimate of drug-likeness (QED) is 0.773. The molecule has 29 heavy (non-hydrogen) atoms. The standard InChI is InChI=1S/C21H29F2N3O3/c1-20(2,3)29-19(27)26-10-14-8-25(9-15(11-26)21(14,22)23)17-5-4-13-6-16(24)12-28-18(13)7-17/h4-5,7,14-16H,6,8-12,24H2,1-3H3. The van der Waals surface area contributed by atoms with E-state index in [4.69, 9.17) is 15.2 Å². The molecule has 1 aromatic rings. The summed E-state index contributed by atoms with van der Waals surface area (Å²) in [6, 6.07) is 5.83. The number of likely N-dealkylation sites (tertiary alicyclic amines) is 1. The molecule has 3 aliphatic rings. The predicted octanol–water partition coefficient (Wildman–Crippen LogP) is 2.89. The zero-order valence-electron chi connectivity index (χ0n) is 17.2. The number of alkyl halides is 2. The van der Waals surface area contributed by atoms with Crippen LogP contribution in [0.4, 0.5) is 19.3 Å². The number of hydrogen-bond donors (Lipinski definition) is 1. The van der Waals surface area contributed by atoms with Crippen molar-refractivity contribution in [3.8, 4) is 5.75 Å². The molecule has 0 radical (unpaired) electrons. The fourth-order valence-electron chi connectivity index (χ4n) is 4.42. The summed E-state index contributed by atoms with van der Waals surface area (Å²) in [7, 11) is 0. The molecule has 2 fully saturated rings. The van der Waals surface area contributed by atoms with E-state index in [1.54, 1.807) is 20.8 Å². The van der Waals surface area contributed by atoms with Gasteiger partial charge in [-0.3, -0.25) is 0 Å². The number of fused-ring (bicyclic) bond motifs is 3. The molecule has 2 N–H and O–H groups in total. The number of rotatable bonds is 1. The van der Waals surface area contributed by atoms with Crippen molar-refractivity contribution in [2.24, 2.45) is 17.6 Å². The number of piperidine rings is 2. The summed E-state index contributed by atoms with van der Waals surface area (Å²) in [6.45, 7) is 6.13. The van der Waals surface area contributed by atoms with Crippen LogP contribution < -0.4 is 15.4 Å². The summed E-state index contributed by atoms with van der Waals surface area (Å²) < 4.78 is 40.8. The van der Waals surface area contributed by atoms with Crippen LogP contribution in [-0.2, 0) is 11.2 Å². The van der Waals surface area contributed by atoms with Gasteiger partial charge in [-0.25, -0.2) is 13.6 Å². The summed E-state index contributed by atoms with van der Waals surface area (Å²) >= 11 is 0. The van der Waals surface area contributed by atoms with Crippen molar-refractivity contribution >= 4 is 11.8 Å². The number of carbonyl (C=O) groups excluding carboxylic acids is 1. The first-order chi connectivity index (χ1) is 13.5. The fraction of sp³-hybridized carbons (Fsp3) is 0.667. The molecule has 2 bridgehead atoms. The number of hydrogen-bond acceptors (Lipinski definition) is 5. The SMILES string of the molecule is CC(C)(C)OC(=O)N1CC2CN(c3ccc4c(c3)OCC(N)C4)CC(C1)C2(F)F. The summed E-state index contributed by atoms with van der Waals surface area (Å²) in [4.78, 5) is 15.8. The van der Waals surface area contributed by atoms with Crippen molar-refractivity contribution in [1.82, 2.24) is 4.90 Å². The second-order valence-electron chi connectivity index (χ2n) is 9.43. The highest BCUT2D eigenvalue weighted by molar-refractivity contribution is 5.68. The monoisotopic (exact) mass is 409 g/mol. The van der Waals surface area contributed by atoms with Gasteiger partial charge >= 0.3 is 6.09 Å². The van der Waals surface area contributed by atoms with E-state index in [9.17, 15) is 13.6 Å². The molecule has 3 unspecified atom stereocenters. The Labute approximate surface area is 169 Å². The number of benzene rings is 1. The van der Waals surface area contributed by atoms with E-state index >= 15 is 0 Å². The lowest BCUT2D eigenvalue weighted by Crippen LogP contribution is -2.64. The molecule has 1 amide bonds. The molecule has 0 saturated carbocycles. The Morgan fingerprint density at radius 1 is 1.21 bits per heavy atom. The van der Waals surface area contributed by atoms with Crippen molar-refractivity contribution < 1.29 is 23.0 Å². The van der Waals surface area contributed by atoms with Crippen LogP contribution in [-0.4, -0.2) is 61.3 Å². The maximum absolute atomic E-state index is 14.8. The molecule has 8 heteroatoms. The molecule has 1 aromatic carbocycles. The zero-order valence-corrected chi connectivity index (χ0v) is 17.2. The summed E-state index contributed by atoms with van der Waals surface area (Å²) in [6.07, 6.45) is 0.235. The zero-order chi connectivity index (χ0) is 21.0. The van der Waals surface area contributed by atoms with Gasteiger partial charge in [0.05, 0.1) is 11.8 Å². The van der Waals surface area contributed by atoms with Crippen molar-refractivity contribution in [2.45, 2.75) is 44.8 Å². The average Bonchev–Trinajstić information content (AvgIpc) is 2.59. The van der Waals surface area contributed by atoms with Crippen molar-refractivity contribution in [1.29, 1.82) is 0 Å². The highest BCUT2D eigenvalue weighted by atomic mass is 19.3. The summed E-state index contributed by atoms with van der Waals surface area (Å²) in [5.41, 5.74) is 7.21. The molecule has 3 aliphatic heterocycles. The first kappa shape index (κ1) is 20.2. The number of nitrogens with two attached hydrogens (primary N) is 1. The van der Waals surface area contributed by atoms with Crippen molar-refractivity contribution in [3.05, 3.63) is 23.8 Å². The van der Waals surface area contributed by atoms with Crippen LogP contribution in [0, 0.1) is 11.8 Å². The Hall–Kier alpha value is -2.09. The topological polar surface area (TPSA) is 68.0 Å². The molecule has 160 valence electrons. The molecule has 2 saturated heterocycles. The largest absolute Gasteiger partial charge is 0.492 e. The lowest BCUT2D eigenvalue weighted by molar-refractivity contribution is -0.154. The minimum atomic E-state index is -2.80. The molecule has 0 spiro atoms. The Morgan fingerprint density at radius 2 is 1.86 bits per heavy atom. The Balaban J connectivity index is 1.50. The lowest BCUT2D eigenvalue weighted by Gasteiger charge is -2.51. The molecular weight excluding hydrogens is 380 g/mol. The van der Waals surface area contributed by atoms with E-state index in [-0.39, 0.29) is 32.2 Å². The Bertz CT molecular complexity index is 778. The third kappa shape index (κ3) is 3.99. The smallest absolute Gasteiger partial charge is 0.410 e. The van der Waals surface area contributed by atoms with Crippen LogP contribution in [0.1, 0.15) is 26.3 Å². The van der Waals surface area contributed by atoms with Gasteiger partial charge in [0.15, 0.2) is 0 Å². The molecule has 4 rings (SSSR count). The van der Waals surface area contributed by atoms with E-state index in [1.807, 2.05) is 23.1 Å². The first-order valence-electron chi connectivity index (χ1n) is 10.1. The molecular formula is C21H29F2N3O3.